The Bertz CT molecular complexity index is 899. The van der Waals surface area contributed by atoms with Crippen molar-refractivity contribution in [1.29, 1.82) is 0 Å². The second-order valence-electron chi connectivity index (χ2n) is 7.15. The number of nitrogens with one attached hydrogen (secondary N) is 1. The molecule has 4 heteroatoms. The van der Waals surface area contributed by atoms with Crippen molar-refractivity contribution < 1.29 is 13.5 Å². The Morgan fingerprint density at radius 2 is 1.88 bits per heavy atom. The van der Waals surface area contributed by atoms with Crippen LogP contribution in [0.4, 0.5) is 14.5 Å². The molecule has 2 nitrogen and oxygen atoms in total. The van der Waals surface area contributed by atoms with E-state index < -0.39 is 11.6 Å². The summed E-state index contributed by atoms with van der Waals surface area (Å²) in [6.07, 6.45) is 1.86. The van der Waals surface area contributed by atoms with E-state index in [0.29, 0.717) is 5.56 Å². The lowest BCUT2D eigenvalue weighted by Gasteiger charge is -2.36. The quantitative estimate of drug-likeness (QED) is 0.671. The maximum absolute atomic E-state index is 14.1. The summed E-state index contributed by atoms with van der Waals surface area (Å²) in [4.78, 5) is 0. The van der Waals surface area contributed by atoms with Gasteiger partial charge in [-0.3, -0.25) is 0 Å². The van der Waals surface area contributed by atoms with E-state index >= 15 is 0 Å². The largest absolute Gasteiger partial charge is 0.482 e. The average Bonchev–Trinajstić information content (AvgIpc) is 2.46. The molecule has 0 bridgehead atoms. The molecule has 2 aromatic rings. The van der Waals surface area contributed by atoms with E-state index in [2.05, 4.69) is 32.2 Å². The molecule has 24 heavy (non-hydrogen) atoms. The van der Waals surface area contributed by atoms with Gasteiger partial charge in [-0.25, -0.2) is 8.78 Å². The van der Waals surface area contributed by atoms with Crippen molar-refractivity contribution in [3.05, 3.63) is 53.1 Å². The third-order valence-electron chi connectivity index (χ3n) is 4.67. The predicted molar refractivity (Wildman–Crippen MR) is 92.2 cm³/mol. The molecule has 2 heterocycles. The summed E-state index contributed by atoms with van der Waals surface area (Å²) in [5.41, 5.74) is 5.36. The van der Waals surface area contributed by atoms with Crippen molar-refractivity contribution in [2.45, 2.75) is 39.3 Å². The molecular weight excluding hydrogens is 308 g/mol. The van der Waals surface area contributed by atoms with Crippen LogP contribution in [0.25, 0.3) is 16.7 Å². The third kappa shape index (κ3) is 2.13. The fraction of sp³-hybridized carbons (Fsp3) is 0.300. The zero-order valence-electron chi connectivity index (χ0n) is 14.1. The van der Waals surface area contributed by atoms with Crippen LogP contribution in [0.5, 0.6) is 5.75 Å². The van der Waals surface area contributed by atoms with Crippen LogP contribution in [0.15, 0.2) is 30.3 Å². The molecule has 0 aliphatic carbocycles. The Morgan fingerprint density at radius 3 is 2.62 bits per heavy atom. The molecule has 0 amide bonds. The fourth-order valence-electron chi connectivity index (χ4n) is 3.92. The number of fused-ring (bicyclic) bond motifs is 5. The van der Waals surface area contributed by atoms with Crippen LogP contribution >= 0.6 is 0 Å². The van der Waals surface area contributed by atoms with Gasteiger partial charge in [0.25, 0.3) is 0 Å². The van der Waals surface area contributed by atoms with Crippen LogP contribution in [0.1, 0.15) is 44.9 Å². The molecule has 1 N–H and O–H groups in total. The first-order valence-electron chi connectivity index (χ1n) is 8.08. The van der Waals surface area contributed by atoms with Gasteiger partial charge in [0.2, 0.25) is 0 Å². The van der Waals surface area contributed by atoms with E-state index in [-0.39, 0.29) is 17.4 Å². The van der Waals surface area contributed by atoms with Crippen molar-refractivity contribution >= 4 is 11.3 Å². The maximum atomic E-state index is 14.1. The number of halogens is 2. The highest BCUT2D eigenvalue weighted by Gasteiger charge is 2.33. The first kappa shape index (κ1) is 15.2. The van der Waals surface area contributed by atoms with Crippen molar-refractivity contribution in [1.82, 2.24) is 0 Å². The monoisotopic (exact) mass is 327 g/mol. The van der Waals surface area contributed by atoms with Gasteiger partial charge in [0.05, 0.1) is 5.54 Å². The van der Waals surface area contributed by atoms with E-state index in [1.807, 2.05) is 19.1 Å². The number of ether oxygens (including phenoxy) is 1. The molecule has 4 rings (SSSR count). The van der Waals surface area contributed by atoms with E-state index in [1.165, 1.54) is 6.07 Å². The molecule has 1 unspecified atom stereocenters. The van der Waals surface area contributed by atoms with Crippen LogP contribution in [0.2, 0.25) is 0 Å². The summed E-state index contributed by atoms with van der Waals surface area (Å²) in [5.74, 6) is -1.13. The van der Waals surface area contributed by atoms with E-state index in [9.17, 15) is 8.78 Å². The van der Waals surface area contributed by atoms with Crippen molar-refractivity contribution in [3.63, 3.8) is 0 Å². The van der Waals surface area contributed by atoms with Gasteiger partial charge in [-0.1, -0.05) is 12.1 Å². The summed E-state index contributed by atoms with van der Waals surface area (Å²) in [5, 5.41) is 3.50. The molecule has 0 spiro atoms. The Kier molecular flexibility index (Phi) is 3.05. The minimum atomic E-state index is -0.660. The van der Waals surface area contributed by atoms with Gasteiger partial charge in [-0.05, 0) is 51.0 Å². The van der Waals surface area contributed by atoms with Gasteiger partial charge in [-0.2, -0.15) is 0 Å². The van der Waals surface area contributed by atoms with Crippen LogP contribution in [0.3, 0.4) is 0 Å². The fourth-order valence-corrected chi connectivity index (χ4v) is 3.92. The number of rotatable bonds is 0. The van der Waals surface area contributed by atoms with Crippen molar-refractivity contribution in [2.75, 3.05) is 5.32 Å². The molecule has 0 aromatic heterocycles. The van der Waals surface area contributed by atoms with Gasteiger partial charge in [0.1, 0.15) is 11.9 Å². The van der Waals surface area contributed by atoms with Gasteiger partial charge < -0.3 is 10.1 Å². The van der Waals surface area contributed by atoms with E-state index in [1.54, 1.807) is 0 Å². The highest BCUT2D eigenvalue weighted by atomic mass is 19.1. The molecule has 0 saturated carbocycles. The lowest BCUT2D eigenvalue weighted by molar-refractivity contribution is 0.212. The van der Waals surface area contributed by atoms with Crippen molar-refractivity contribution in [3.8, 4) is 16.9 Å². The summed E-state index contributed by atoms with van der Waals surface area (Å²) in [7, 11) is 0. The maximum Gasteiger partial charge on any atom is 0.168 e. The lowest BCUT2D eigenvalue weighted by atomic mass is 9.82. The van der Waals surface area contributed by atoms with E-state index in [4.69, 9.17) is 4.74 Å². The number of allylic oxidation sites excluding steroid dienone is 1. The summed E-state index contributed by atoms with van der Waals surface area (Å²) in [6, 6.07) is 6.11. The van der Waals surface area contributed by atoms with Crippen LogP contribution < -0.4 is 10.1 Å². The minimum Gasteiger partial charge on any atom is -0.482 e. The smallest absolute Gasteiger partial charge is 0.168 e. The molecule has 2 aromatic carbocycles. The topological polar surface area (TPSA) is 21.3 Å². The summed E-state index contributed by atoms with van der Waals surface area (Å²) >= 11 is 0. The van der Waals surface area contributed by atoms with Crippen LogP contribution in [0, 0.1) is 11.6 Å². The minimum absolute atomic E-state index is 0.127. The molecule has 0 radical (unpaired) electrons. The Labute approximate surface area is 140 Å². The first-order valence-corrected chi connectivity index (χ1v) is 8.08. The highest BCUT2D eigenvalue weighted by Crippen LogP contribution is 2.49. The van der Waals surface area contributed by atoms with Gasteiger partial charge >= 0.3 is 0 Å². The zero-order chi connectivity index (χ0) is 17.2. The SMILES string of the molecule is CC1=CC(C)(C)Nc2ccc3c(c21)C(C)Oc1c(F)cc(F)cc1-3. The van der Waals surface area contributed by atoms with Crippen molar-refractivity contribution in [2.24, 2.45) is 0 Å². The molecule has 1 atom stereocenters. The first-order chi connectivity index (χ1) is 11.3. The Balaban J connectivity index is 2.02. The Hall–Kier alpha value is -2.36. The molecule has 2 aliphatic rings. The predicted octanol–water partition coefficient (Wildman–Crippen LogP) is 5.69. The second-order valence-corrected chi connectivity index (χ2v) is 7.15. The zero-order valence-corrected chi connectivity index (χ0v) is 14.1. The molecule has 2 aliphatic heterocycles. The second kappa shape index (κ2) is 4.82. The average molecular weight is 327 g/mol. The molecule has 0 saturated heterocycles. The number of hydrogen-bond donors (Lipinski definition) is 1. The molecule has 124 valence electrons. The van der Waals surface area contributed by atoms with Gasteiger partial charge in [0, 0.05) is 28.4 Å². The van der Waals surface area contributed by atoms with Gasteiger partial charge in [-0.15, -0.1) is 0 Å². The number of anilines is 1. The standard InChI is InChI=1S/C20H19F2NO/c1-10-9-20(3,4)23-16-6-5-13-14-7-12(21)8-15(22)19(14)24-11(2)18(13)17(10)16/h5-9,11,23H,1-4H3. The van der Waals surface area contributed by atoms with E-state index in [0.717, 1.165) is 34.0 Å². The van der Waals surface area contributed by atoms with Crippen LogP contribution in [-0.4, -0.2) is 5.54 Å². The normalized spacial score (nSPS) is 20.1. The summed E-state index contributed by atoms with van der Waals surface area (Å²) in [6.45, 7) is 8.19. The highest BCUT2D eigenvalue weighted by molar-refractivity contribution is 5.89. The number of hydrogen-bond acceptors (Lipinski definition) is 2. The van der Waals surface area contributed by atoms with Gasteiger partial charge in [0.15, 0.2) is 11.6 Å². The third-order valence-corrected chi connectivity index (χ3v) is 4.67. The number of benzene rings is 2. The summed E-state index contributed by atoms with van der Waals surface area (Å²) < 4.78 is 33.7. The van der Waals surface area contributed by atoms with Crippen LogP contribution in [-0.2, 0) is 0 Å². The lowest BCUT2D eigenvalue weighted by Crippen LogP contribution is -2.32. The molecule has 0 fully saturated rings. The Morgan fingerprint density at radius 1 is 1.12 bits per heavy atom. The molecular formula is C20H19F2NO.